The minimum Gasteiger partial charge on any atom is -0.310 e. The molecule has 72 valence electrons. The van der Waals surface area contributed by atoms with Crippen LogP contribution in [0.5, 0.6) is 0 Å². The van der Waals surface area contributed by atoms with Gasteiger partial charge in [-0.1, -0.05) is 22.0 Å². The Morgan fingerprint density at radius 2 is 2.15 bits per heavy atom. The molecule has 1 fully saturated rings. The van der Waals surface area contributed by atoms with E-state index in [1.54, 1.807) is 0 Å². The van der Waals surface area contributed by atoms with E-state index in [0.717, 1.165) is 6.54 Å². The van der Waals surface area contributed by atoms with Crippen LogP contribution < -0.4 is 5.32 Å². The first kappa shape index (κ1) is 11.0. The Morgan fingerprint density at radius 3 is 2.69 bits per heavy atom. The summed E-state index contributed by atoms with van der Waals surface area (Å²) in [7, 11) is 0. The lowest BCUT2D eigenvalue weighted by atomic mass is 9.94. The fraction of sp³-hybridized carbons (Fsp3) is 0.400. The maximum absolute atomic E-state index is 3.49. The van der Waals surface area contributed by atoms with Crippen molar-refractivity contribution in [2.24, 2.45) is 0 Å². The van der Waals surface area contributed by atoms with Crippen LogP contribution in [0.15, 0.2) is 22.7 Å². The molecular formula is C10H13BrClN. The molecule has 0 saturated carbocycles. The highest BCUT2D eigenvalue weighted by atomic mass is 79.9. The second-order valence-corrected chi connectivity index (χ2v) is 4.21. The monoisotopic (exact) mass is 261 g/mol. The summed E-state index contributed by atoms with van der Waals surface area (Å²) in [6, 6.07) is 7.07. The lowest BCUT2D eigenvalue weighted by Crippen LogP contribution is -2.35. The van der Waals surface area contributed by atoms with E-state index in [1.165, 1.54) is 22.0 Å². The van der Waals surface area contributed by atoms with Gasteiger partial charge in [0.1, 0.15) is 0 Å². The van der Waals surface area contributed by atoms with Gasteiger partial charge in [0.15, 0.2) is 0 Å². The van der Waals surface area contributed by atoms with E-state index in [1.807, 2.05) is 0 Å². The van der Waals surface area contributed by atoms with Crippen molar-refractivity contribution >= 4 is 28.3 Å². The summed E-state index contributed by atoms with van der Waals surface area (Å²) in [6.07, 6.45) is 1.28. The maximum Gasteiger partial charge on any atom is 0.0335 e. The molecule has 1 atom stereocenters. The van der Waals surface area contributed by atoms with Crippen LogP contribution >= 0.6 is 28.3 Å². The zero-order valence-electron chi connectivity index (χ0n) is 7.51. The molecule has 1 N–H and O–H groups in total. The molecule has 1 saturated heterocycles. The lowest BCUT2D eigenvalue weighted by Gasteiger charge is -2.29. The Balaban J connectivity index is 0.000000845. The largest absolute Gasteiger partial charge is 0.310 e. The lowest BCUT2D eigenvalue weighted by molar-refractivity contribution is 0.382. The van der Waals surface area contributed by atoms with Crippen LogP contribution in [0.1, 0.15) is 23.6 Å². The highest BCUT2D eigenvalue weighted by Crippen LogP contribution is 2.27. The zero-order chi connectivity index (χ0) is 8.55. The molecule has 0 bridgehead atoms. The van der Waals surface area contributed by atoms with Crippen LogP contribution in [0, 0.1) is 6.92 Å². The van der Waals surface area contributed by atoms with E-state index < -0.39 is 0 Å². The Kier molecular flexibility index (Phi) is 3.77. The van der Waals surface area contributed by atoms with Gasteiger partial charge in [0.25, 0.3) is 0 Å². The molecule has 13 heavy (non-hydrogen) atoms. The molecule has 0 aromatic heterocycles. The summed E-state index contributed by atoms with van der Waals surface area (Å²) in [5, 5.41) is 3.41. The fourth-order valence-electron chi connectivity index (χ4n) is 1.54. The average Bonchev–Trinajstić information content (AvgIpc) is 1.93. The fourth-order valence-corrected chi connectivity index (χ4v) is 1.92. The summed E-state index contributed by atoms with van der Waals surface area (Å²) in [6.45, 7) is 3.33. The quantitative estimate of drug-likeness (QED) is 0.819. The Hall–Kier alpha value is -0.0500. The molecular weight excluding hydrogens is 249 g/mol. The minimum absolute atomic E-state index is 0. The first-order valence-corrected chi connectivity index (χ1v) is 5.06. The number of halogens is 2. The first-order valence-electron chi connectivity index (χ1n) is 4.27. The summed E-state index contributed by atoms with van der Waals surface area (Å²) in [5.74, 6) is 0. The van der Waals surface area contributed by atoms with Crippen LogP contribution in [0.25, 0.3) is 0 Å². The average molecular weight is 263 g/mol. The van der Waals surface area contributed by atoms with Crippen LogP contribution in [0.4, 0.5) is 0 Å². The van der Waals surface area contributed by atoms with Crippen LogP contribution in [0.2, 0.25) is 0 Å². The number of hydrogen-bond acceptors (Lipinski definition) is 1. The normalized spacial score (nSPS) is 20.3. The second kappa shape index (κ2) is 4.45. The predicted molar refractivity (Wildman–Crippen MR) is 61.5 cm³/mol. The SMILES string of the molecule is Cc1ccc(Br)cc1[C@@H]1CCN1.Cl. The molecule has 1 aromatic rings. The van der Waals surface area contributed by atoms with Crippen LogP contribution in [-0.4, -0.2) is 6.54 Å². The standard InChI is InChI=1S/C10H12BrN.ClH/c1-7-2-3-8(11)6-9(7)10-4-5-12-10;/h2-3,6,10,12H,4-5H2,1H3;1H/t10-;/m0./s1. The van der Waals surface area contributed by atoms with E-state index in [2.05, 4.69) is 46.4 Å². The van der Waals surface area contributed by atoms with Gasteiger partial charge in [-0.05, 0) is 43.1 Å². The summed E-state index contributed by atoms with van der Waals surface area (Å²) in [4.78, 5) is 0. The molecule has 0 unspecified atom stereocenters. The third kappa shape index (κ3) is 2.25. The topological polar surface area (TPSA) is 12.0 Å². The van der Waals surface area contributed by atoms with Gasteiger partial charge < -0.3 is 5.32 Å². The van der Waals surface area contributed by atoms with E-state index in [-0.39, 0.29) is 12.4 Å². The number of rotatable bonds is 1. The van der Waals surface area contributed by atoms with Gasteiger partial charge in [0, 0.05) is 10.5 Å². The van der Waals surface area contributed by atoms with Crippen molar-refractivity contribution in [3.8, 4) is 0 Å². The number of aryl methyl sites for hydroxylation is 1. The Labute approximate surface area is 93.5 Å². The van der Waals surface area contributed by atoms with E-state index in [4.69, 9.17) is 0 Å². The van der Waals surface area contributed by atoms with Gasteiger partial charge in [0.05, 0.1) is 0 Å². The van der Waals surface area contributed by atoms with Gasteiger partial charge in [-0.2, -0.15) is 0 Å². The van der Waals surface area contributed by atoms with Crippen LogP contribution in [-0.2, 0) is 0 Å². The number of hydrogen-bond donors (Lipinski definition) is 1. The molecule has 0 radical (unpaired) electrons. The van der Waals surface area contributed by atoms with Crippen molar-refractivity contribution in [1.82, 2.24) is 5.32 Å². The van der Waals surface area contributed by atoms with Crippen molar-refractivity contribution in [3.05, 3.63) is 33.8 Å². The molecule has 3 heteroatoms. The van der Waals surface area contributed by atoms with Crippen molar-refractivity contribution in [2.45, 2.75) is 19.4 Å². The highest BCUT2D eigenvalue weighted by molar-refractivity contribution is 9.10. The van der Waals surface area contributed by atoms with Crippen molar-refractivity contribution in [1.29, 1.82) is 0 Å². The van der Waals surface area contributed by atoms with Gasteiger partial charge in [0.2, 0.25) is 0 Å². The maximum atomic E-state index is 3.49. The third-order valence-electron chi connectivity index (χ3n) is 2.44. The molecule has 2 rings (SSSR count). The Morgan fingerprint density at radius 1 is 1.46 bits per heavy atom. The molecule has 1 heterocycles. The second-order valence-electron chi connectivity index (χ2n) is 3.30. The molecule has 0 amide bonds. The first-order chi connectivity index (χ1) is 5.77. The Bertz CT molecular complexity index is 297. The molecule has 1 aliphatic rings. The molecule has 1 nitrogen and oxygen atoms in total. The molecule has 0 aliphatic carbocycles. The number of benzene rings is 1. The van der Waals surface area contributed by atoms with Crippen LogP contribution in [0.3, 0.4) is 0 Å². The zero-order valence-corrected chi connectivity index (χ0v) is 9.91. The minimum atomic E-state index is 0. The highest BCUT2D eigenvalue weighted by Gasteiger charge is 2.19. The molecule has 1 aromatic carbocycles. The van der Waals surface area contributed by atoms with Crippen molar-refractivity contribution in [3.63, 3.8) is 0 Å². The van der Waals surface area contributed by atoms with Gasteiger partial charge in [-0.25, -0.2) is 0 Å². The summed E-state index contributed by atoms with van der Waals surface area (Å²) in [5.41, 5.74) is 2.83. The van der Waals surface area contributed by atoms with E-state index in [9.17, 15) is 0 Å². The summed E-state index contributed by atoms with van der Waals surface area (Å²) >= 11 is 3.49. The third-order valence-corrected chi connectivity index (χ3v) is 2.93. The smallest absolute Gasteiger partial charge is 0.0335 e. The molecule has 0 spiro atoms. The molecule has 1 aliphatic heterocycles. The number of nitrogens with one attached hydrogen (secondary N) is 1. The van der Waals surface area contributed by atoms with Crippen molar-refractivity contribution in [2.75, 3.05) is 6.54 Å². The van der Waals surface area contributed by atoms with Gasteiger partial charge >= 0.3 is 0 Å². The van der Waals surface area contributed by atoms with Crippen molar-refractivity contribution < 1.29 is 0 Å². The van der Waals surface area contributed by atoms with Gasteiger partial charge in [-0.3, -0.25) is 0 Å². The predicted octanol–water partition coefficient (Wildman–Crippen LogP) is 3.21. The summed E-state index contributed by atoms with van der Waals surface area (Å²) < 4.78 is 1.18. The van der Waals surface area contributed by atoms with E-state index >= 15 is 0 Å². The van der Waals surface area contributed by atoms with E-state index in [0.29, 0.717) is 6.04 Å². The van der Waals surface area contributed by atoms with Gasteiger partial charge in [-0.15, -0.1) is 12.4 Å².